The van der Waals surface area contributed by atoms with E-state index in [9.17, 15) is 0 Å². The molecule has 0 aromatic carbocycles. The molecule has 0 amide bonds. The van der Waals surface area contributed by atoms with Gasteiger partial charge in [-0.15, -0.1) is 11.3 Å². The zero-order valence-electron chi connectivity index (χ0n) is 11.1. The van der Waals surface area contributed by atoms with Crippen molar-refractivity contribution >= 4 is 11.3 Å². The molecule has 1 aromatic heterocycles. The normalized spacial score (nSPS) is 32.7. The van der Waals surface area contributed by atoms with Crippen LogP contribution in [0, 0.1) is 12.8 Å². The Hall–Kier alpha value is -0.490. The maximum Gasteiger partial charge on any atom is 0.0897 e. The summed E-state index contributed by atoms with van der Waals surface area (Å²) in [7, 11) is 1.85. The first kappa shape index (κ1) is 12.5. The van der Waals surface area contributed by atoms with Gasteiger partial charge in [-0.25, -0.2) is 4.98 Å². The monoisotopic (exact) mass is 267 g/mol. The number of ether oxygens (including phenoxy) is 1. The fourth-order valence-corrected chi connectivity index (χ4v) is 3.87. The summed E-state index contributed by atoms with van der Waals surface area (Å²) in [6.07, 6.45) is 1.57. The minimum absolute atomic E-state index is 0.429. The van der Waals surface area contributed by atoms with E-state index in [1.165, 1.54) is 5.69 Å². The first-order valence-corrected chi connectivity index (χ1v) is 7.54. The second-order valence-corrected chi connectivity index (χ2v) is 6.40. The molecule has 4 nitrogen and oxygen atoms in total. The van der Waals surface area contributed by atoms with Crippen LogP contribution in [0.1, 0.15) is 17.1 Å². The van der Waals surface area contributed by atoms with Crippen molar-refractivity contribution in [3.05, 3.63) is 16.1 Å². The van der Waals surface area contributed by atoms with Crippen LogP contribution < -0.4 is 5.32 Å². The third-order valence-electron chi connectivity index (χ3n) is 4.11. The molecule has 5 heteroatoms. The van der Waals surface area contributed by atoms with Crippen LogP contribution >= 0.6 is 11.3 Å². The fourth-order valence-electron chi connectivity index (χ4n) is 3.26. The van der Waals surface area contributed by atoms with Gasteiger partial charge in [0.2, 0.25) is 0 Å². The van der Waals surface area contributed by atoms with Gasteiger partial charge in [0, 0.05) is 44.1 Å². The highest BCUT2D eigenvalue weighted by Crippen LogP contribution is 2.28. The number of hydrogen-bond donors (Lipinski definition) is 1. The molecule has 3 atom stereocenters. The molecular formula is C13H21N3OS. The molecule has 1 aromatic rings. The summed E-state index contributed by atoms with van der Waals surface area (Å²) in [5.41, 5.74) is 1.21. The topological polar surface area (TPSA) is 37.4 Å². The van der Waals surface area contributed by atoms with Gasteiger partial charge in [0.25, 0.3) is 0 Å². The van der Waals surface area contributed by atoms with Crippen LogP contribution in [-0.2, 0) is 11.3 Å². The molecule has 2 aliphatic rings. The van der Waals surface area contributed by atoms with E-state index in [2.05, 4.69) is 27.5 Å². The van der Waals surface area contributed by atoms with Crippen LogP contribution in [0.5, 0.6) is 0 Å². The third-order valence-corrected chi connectivity index (χ3v) is 4.93. The Kier molecular flexibility index (Phi) is 3.66. The molecule has 2 saturated heterocycles. The van der Waals surface area contributed by atoms with E-state index in [1.807, 2.05) is 7.11 Å². The summed E-state index contributed by atoms with van der Waals surface area (Å²) in [6.45, 7) is 6.40. The zero-order chi connectivity index (χ0) is 12.5. The van der Waals surface area contributed by atoms with Crippen LogP contribution in [0.25, 0.3) is 0 Å². The Morgan fingerprint density at radius 2 is 2.44 bits per heavy atom. The highest BCUT2D eigenvalue weighted by Gasteiger charge is 2.40. The van der Waals surface area contributed by atoms with E-state index in [0.717, 1.165) is 37.6 Å². The molecule has 0 unspecified atom stereocenters. The largest absolute Gasteiger partial charge is 0.381 e. The summed E-state index contributed by atoms with van der Waals surface area (Å²) in [4.78, 5) is 7.06. The summed E-state index contributed by atoms with van der Waals surface area (Å²) >= 11 is 1.74. The number of fused-ring (bicyclic) bond motifs is 1. The standard InChI is InChI=1S/C13H21N3OS/c1-9-15-10(8-18-9)5-16-6-11-12(7-16)14-4-3-13(11)17-2/h8,11-14H,3-7H2,1-2H3/t11-,12+,13+/m0/s1. The van der Waals surface area contributed by atoms with Crippen molar-refractivity contribution in [3.63, 3.8) is 0 Å². The summed E-state index contributed by atoms with van der Waals surface area (Å²) < 4.78 is 5.63. The molecule has 0 bridgehead atoms. The number of likely N-dealkylation sites (tertiary alicyclic amines) is 1. The number of thiazole rings is 1. The summed E-state index contributed by atoms with van der Waals surface area (Å²) in [5.74, 6) is 0.642. The Labute approximate surface area is 112 Å². The number of rotatable bonds is 3. The SMILES string of the molecule is CO[C@@H]1CCN[C@@H]2CN(Cc3csc(C)n3)C[C@@H]21. The van der Waals surface area contributed by atoms with Crippen molar-refractivity contribution in [2.24, 2.45) is 5.92 Å². The number of nitrogens with one attached hydrogen (secondary N) is 1. The lowest BCUT2D eigenvalue weighted by Crippen LogP contribution is -2.48. The van der Waals surface area contributed by atoms with Crippen LogP contribution in [0.2, 0.25) is 0 Å². The Morgan fingerprint density at radius 1 is 1.56 bits per heavy atom. The minimum atomic E-state index is 0.429. The number of aryl methyl sites for hydroxylation is 1. The number of piperidine rings is 1. The van der Waals surface area contributed by atoms with Crippen LogP contribution in [0.4, 0.5) is 0 Å². The van der Waals surface area contributed by atoms with E-state index in [0.29, 0.717) is 18.1 Å². The summed E-state index contributed by atoms with van der Waals surface area (Å²) in [6, 6.07) is 0.600. The lowest BCUT2D eigenvalue weighted by atomic mass is 9.91. The molecule has 18 heavy (non-hydrogen) atoms. The highest BCUT2D eigenvalue weighted by molar-refractivity contribution is 7.09. The average Bonchev–Trinajstić information content (AvgIpc) is 2.94. The fraction of sp³-hybridized carbons (Fsp3) is 0.769. The highest BCUT2D eigenvalue weighted by atomic mass is 32.1. The number of nitrogens with zero attached hydrogens (tertiary/aromatic N) is 2. The predicted molar refractivity (Wildman–Crippen MR) is 72.8 cm³/mol. The number of aromatic nitrogens is 1. The van der Waals surface area contributed by atoms with E-state index >= 15 is 0 Å². The van der Waals surface area contributed by atoms with Crippen molar-refractivity contribution in [2.75, 3.05) is 26.7 Å². The molecule has 100 valence electrons. The minimum Gasteiger partial charge on any atom is -0.381 e. The van der Waals surface area contributed by atoms with Crippen molar-refractivity contribution < 1.29 is 4.74 Å². The number of methoxy groups -OCH3 is 1. The second kappa shape index (κ2) is 5.25. The molecule has 0 spiro atoms. The van der Waals surface area contributed by atoms with Gasteiger partial charge in [-0.05, 0) is 19.9 Å². The first-order valence-electron chi connectivity index (χ1n) is 6.66. The Bertz CT molecular complexity index is 409. The van der Waals surface area contributed by atoms with E-state index in [-0.39, 0.29) is 0 Å². The van der Waals surface area contributed by atoms with Gasteiger partial charge in [0.05, 0.1) is 16.8 Å². The molecule has 2 aliphatic heterocycles. The molecule has 0 aliphatic carbocycles. The van der Waals surface area contributed by atoms with Gasteiger partial charge in [-0.3, -0.25) is 4.90 Å². The van der Waals surface area contributed by atoms with E-state index in [1.54, 1.807) is 11.3 Å². The van der Waals surface area contributed by atoms with Crippen LogP contribution in [0.3, 0.4) is 0 Å². The van der Waals surface area contributed by atoms with Gasteiger partial charge in [0.1, 0.15) is 0 Å². The molecule has 3 heterocycles. The smallest absolute Gasteiger partial charge is 0.0897 e. The van der Waals surface area contributed by atoms with Gasteiger partial charge in [-0.1, -0.05) is 0 Å². The Morgan fingerprint density at radius 3 is 3.17 bits per heavy atom. The molecule has 0 saturated carbocycles. The van der Waals surface area contributed by atoms with Crippen LogP contribution in [0.15, 0.2) is 5.38 Å². The van der Waals surface area contributed by atoms with Crippen molar-refractivity contribution in [3.8, 4) is 0 Å². The van der Waals surface area contributed by atoms with E-state index < -0.39 is 0 Å². The quantitative estimate of drug-likeness (QED) is 0.895. The van der Waals surface area contributed by atoms with Gasteiger partial charge in [-0.2, -0.15) is 0 Å². The van der Waals surface area contributed by atoms with Crippen molar-refractivity contribution in [1.82, 2.24) is 15.2 Å². The predicted octanol–water partition coefficient (Wildman–Crippen LogP) is 1.26. The molecule has 0 radical (unpaired) electrons. The second-order valence-electron chi connectivity index (χ2n) is 5.34. The summed E-state index contributed by atoms with van der Waals surface area (Å²) in [5, 5.41) is 6.97. The molecule has 3 rings (SSSR count). The zero-order valence-corrected chi connectivity index (χ0v) is 11.9. The van der Waals surface area contributed by atoms with Gasteiger partial charge in [0.15, 0.2) is 0 Å². The van der Waals surface area contributed by atoms with E-state index in [4.69, 9.17) is 4.74 Å². The molecular weight excluding hydrogens is 246 g/mol. The molecule has 1 N–H and O–H groups in total. The van der Waals surface area contributed by atoms with Crippen molar-refractivity contribution in [1.29, 1.82) is 0 Å². The first-order chi connectivity index (χ1) is 8.76. The number of hydrogen-bond acceptors (Lipinski definition) is 5. The Balaban J connectivity index is 1.63. The lowest BCUT2D eigenvalue weighted by molar-refractivity contribution is 0.0241. The van der Waals surface area contributed by atoms with Gasteiger partial charge < -0.3 is 10.1 Å². The maximum atomic E-state index is 5.63. The van der Waals surface area contributed by atoms with Gasteiger partial charge >= 0.3 is 0 Å². The molecule has 2 fully saturated rings. The van der Waals surface area contributed by atoms with Crippen molar-refractivity contribution in [2.45, 2.75) is 32.0 Å². The average molecular weight is 267 g/mol. The third kappa shape index (κ3) is 2.45. The van der Waals surface area contributed by atoms with Crippen LogP contribution in [-0.4, -0.2) is 48.8 Å². The maximum absolute atomic E-state index is 5.63. The lowest BCUT2D eigenvalue weighted by Gasteiger charge is -2.32.